The molecule has 2 atom stereocenters. The Bertz CT molecular complexity index is 1180. The number of phosphoric acid groups is 1. The Morgan fingerprint density at radius 2 is 0.844 bits per heavy atom. The molecule has 9 nitrogen and oxygen atoms in total. The molecule has 0 aliphatic carbocycles. The van der Waals surface area contributed by atoms with Gasteiger partial charge in [-0.3, -0.25) is 14.2 Å². The highest BCUT2D eigenvalue weighted by molar-refractivity contribution is 7.45. The molecule has 0 fully saturated rings. The summed E-state index contributed by atoms with van der Waals surface area (Å²) in [4.78, 5) is 37.6. The van der Waals surface area contributed by atoms with Crippen LogP contribution in [0, 0.1) is 0 Å². The normalized spacial score (nSPS) is 13.7. The summed E-state index contributed by atoms with van der Waals surface area (Å²) in [6, 6.07) is 0. The van der Waals surface area contributed by atoms with Gasteiger partial charge in [-0.2, -0.15) is 0 Å². The molecule has 0 saturated carbocycles. The Morgan fingerprint density at radius 1 is 0.484 bits per heavy atom. The number of quaternary nitrogens is 1. The highest BCUT2D eigenvalue weighted by atomic mass is 31.2. The molecule has 0 bridgehead atoms. The maximum Gasteiger partial charge on any atom is 0.306 e. The second kappa shape index (κ2) is 46.3. The first-order valence-corrected chi connectivity index (χ1v) is 28.2. The van der Waals surface area contributed by atoms with E-state index in [1.165, 1.54) is 161 Å². The number of carbonyl (C=O) groups excluding carboxylic acids is 2. The van der Waals surface area contributed by atoms with E-state index in [0.29, 0.717) is 17.4 Å². The Balaban J connectivity index is 4.08. The molecule has 0 N–H and O–H groups in total. The van der Waals surface area contributed by atoms with Crippen molar-refractivity contribution in [2.24, 2.45) is 0 Å². The van der Waals surface area contributed by atoms with E-state index in [1.807, 2.05) is 21.1 Å². The van der Waals surface area contributed by atoms with Crippen molar-refractivity contribution in [2.45, 2.75) is 251 Å². The molecule has 0 aromatic heterocycles. The van der Waals surface area contributed by atoms with Crippen LogP contribution >= 0.6 is 7.82 Å². The maximum absolute atomic E-state index is 12.7. The van der Waals surface area contributed by atoms with Crippen LogP contribution in [0.25, 0.3) is 0 Å². The SMILES string of the molecule is CCCCCCC/C=C\C/C=C\C/C=C\CCCCCCCCCCCCCCCCC(=O)OC(COC(=O)CCCCCCCCCCCCC)COP(=O)([O-])OCC[N+](C)(C)C. The van der Waals surface area contributed by atoms with Gasteiger partial charge in [-0.1, -0.05) is 217 Å². The molecule has 0 amide bonds. The zero-order chi connectivity index (χ0) is 47.1. The number of phosphoric ester groups is 1. The quantitative estimate of drug-likeness (QED) is 0.0195. The van der Waals surface area contributed by atoms with Gasteiger partial charge in [0.25, 0.3) is 7.82 Å². The minimum Gasteiger partial charge on any atom is -0.756 e. The van der Waals surface area contributed by atoms with E-state index >= 15 is 0 Å². The molecule has 0 spiro atoms. The highest BCUT2D eigenvalue weighted by Gasteiger charge is 2.21. The van der Waals surface area contributed by atoms with E-state index in [-0.39, 0.29) is 32.0 Å². The standard InChI is InChI=1S/C54H102NO8P/c1-6-8-10-12-14-16-18-19-20-21-22-23-24-25-26-27-28-29-30-31-32-33-34-35-37-39-41-43-45-47-54(57)63-52(51-62-64(58,59)61-49-48-55(3,4)5)50-60-53(56)46-44-42-40-38-36-17-15-13-11-9-7-2/h18-19,21-22,24-25,52H,6-17,20,23,26-51H2,1-5H3/b19-18-,22-21-,25-24-. The van der Waals surface area contributed by atoms with Crippen LogP contribution in [-0.4, -0.2) is 70.0 Å². The molecule has 0 rings (SSSR count). The number of likely N-dealkylation sites (N-methyl/N-ethyl adjacent to an activating group) is 1. The molecule has 10 heteroatoms. The topological polar surface area (TPSA) is 111 Å². The zero-order valence-corrected chi connectivity index (χ0v) is 43.4. The molecular formula is C54H102NO8P. The van der Waals surface area contributed by atoms with E-state index in [0.717, 1.165) is 51.4 Å². The monoisotopic (exact) mass is 924 g/mol. The van der Waals surface area contributed by atoms with E-state index in [2.05, 4.69) is 50.3 Å². The smallest absolute Gasteiger partial charge is 0.306 e. The highest BCUT2D eigenvalue weighted by Crippen LogP contribution is 2.38. The van der Waals surface area contributed by atoms with Crippen molar-refractivity contribution in [1.29, 1.82) is 0 Å². The second-order valence-corrected chi connectivity index (χ2v) is 20.7. The molecule has 0 radical (unpaired) electrons. The Morgan fingerprint density at radius 3 is 1.25 bits per heavy atom. The molecule has 0 heterocycles. The summed E-state index contributed by atoms with van der Waals surface area (Å²) >= 11 is 0. The van der Waals surface area contributed by atoms with Gasteiger partial charge in [0.15, 0.2) is 6.10 Å². The van der Waals surface area contributed by atoms with E-state index in [9.17, 15) is 19.0 Å². The van der Waals surface area contributed by atoms with Gasteiger partial charge in [0, 0.05) is 12.8 Å². The van der Waals surface area contributed by atoms with Crippen molar-refractivity contribution in [1.82, 2.24) is 0 Å². The fourth-order valence-electron chi connectivity index (χ4n) is 7.49. The van der Waals surface area contributed by atoms with Crippen LogP contribution in [0.4, 0.5) is 0 Å². The molecule has 0 aliphatic heterocycles. The second-order valence-electron chi connectivity index (χ2n) is 19.2. The molecule has 0 aromatic rings. The molecular weight excluding hydrogens is 822 g/mol. The number of hydrogen-bond acceptors (Lipinski definition) is 8. The molecule has 0 aliphatic rings. The number of nitrogens with zero attached hydrogens (tertiary/aromatic N) is 1. The minimum atomic E-state index is -4.62. The summed E-state index contributed by atoms with van der Waals surface area (Å²) in [5.41, 5.74) is 0. The van der Waals surface area contributed by atoms with Gasteiger partial charge in [0.05, 0.1) is 27.7 Å². The number of allylic oxidation sites excluding steroid dienone is 6. The van der Waals surface area contributed by atoms with E-state index in [1.54, 1.807) is 0 Å². The summed E-state index contributed by atoms with van der Waals surface area (Å²) in [5.74, 6) is -0.827. The van der Waals surface area contributed by atoms with Gasteiger partial charge >= 0.3 is 11.9 Å². The van der Waals surface area contributed by atoms with Crippen LogP contribution in [0.3, 0.4) is 0 Å². The van der Waals surface area contributed by atoms with E-state index in [4.69, 9.17) is 18.5 Å². The largest absolute Gasteiger partial charge is 0.756 e. The van der Waals surface area contributed by atoms with E-state index < -0.39 is 26.5 Å². The summed E-state index contributed by atoms with van der Waals surface area (Å²) < 4.78 is 34.0. The first-order valence-electron chi connectivity index (χ1n) is 26.7. The zero-order valence-electron chi connectivity index (χ0n) is 42.5. The Hall–Kier alpha value is -1.77. The third-order valence-corrected chi connectivity index (χ3v) is 12.6. The lowest BCUT2D eigenvalue weighted by molar-refractivity contribution is -0.870. The van der Waals surface area contributed by atoms with Gasteiger partial charge in [0.2, 0.25) is 0 Å². The van der Waals surface area contributed by atoms with Crippen molar-refractivity contribution in [3.8, 4) is 0 Å². The van der Waals surface area contributed by atoms with Gasteiger partial charge in [-0.25, -0.2) is 0 Å². The van der Waals surface area contributed by atoms with Crippen molar-refractivity contribution in [2.75, 3.05) is 47.5 Å². The van der Waals surface area contributed by atoms with Crippen LogP contribution in [0.1, 0.15) is 245 Å². The summed E-state index contributed by atoms with van der Waals surface area (Å²) in [5, 5.41) is 0. The third-order valence-electron chi connectivity index (χ3n) is 11.7. The fourth-order valence-corrected chi connectivity index (χ4v) is 8.22. The predicted octanol–water partition coefficient (Wildman–Crippen LogP) is 15.4. The van der Waals surface area contributed by atoms with Crippen LogP contribution < -0.4 is 4.89 Å². The first kappa shape index (κ1) is 62.2. The van der Waals surface area contributed by atoms with Gasteiger partial charge < -0.3 is 27.9 Å². The van der Waals surface area contributed by atoms with Crippen LogP contribution in [-0.2, 0) is 32.7 Å². The lowest BCUT2D eigenvalue weighted by atomic mass is 10.0. The summed E-state index contributed by atoms with van der Waals surface area (Å²) in [7, 11) is 1.17. The van der Waals surface area contributed by atoms with Crippen molar-refractivity contribution >= 4 is 19.8 Å². The average Bonchev–Trinajstić information content (AvgIpc) is 3.25. The average molecular weight is 924 g/mol. The Kier molecular flexibility index (Phi) is 45.1. The van der Waals surface area contributed by atoms with Crippen molar-refractivity contribution in [3.05, 3.63) is 36.5 Å². The molecule has 0 saturated heterocycles. The van der Waals surface area contributed by atoms with Crippen LogP contribution in [0.15, 0.2) is 36.5 Å². The van der Waals surface area contributed by atoms with Crippen molar-refractivity contribution < 1.29 is 42.1 Å². The number of hydrogen-bond donors (Lipinski definition) is 0. The maximum atomic E-state index is 12.7. The molecule has 0 aromatic carbocycles. The number of rotatable bonds is 49. The van der Waals surface area contributed by atoms with Crippen LogP contribution in [0.5, 0.6) is 0 Å². The molecule has 64 heavy (non-hydrogen) atoms. The number of carbonyl (C=O) groups is 2. The lowest BCUT2D eigenvalue weighted by Gasteiger charge is -2.28. The van der Waals surface area contributed by atoms with Gasteiger partial charge in [-0.15, -0.1) is 0 Å². The lowest BCUT2D eigenvalue weighted by Crippen LogP contribution is -2.37. The van der Waals surface area contributed by atoms with Gasteiger partial charge in [0.1, 0.15) is 19.8 Å². The summed E-state index contributed by atoms with van der Waals surface area (Å²) in [6.45, 7) is 4.23. The molecule has 2 unspecified atom stereocenters. The first-order chi connectivity index (χ1) is 31.0. The summed E-state index contributed by atoms with van der Waals surface area (Å²) in [6.07, 6.45) is 54.8. The third kappa shape index (κ3) is 49.7. The minimum absolute atomic E-state index is 0.0292. The van der Waals surface area contributed by atoms with Crippen LogP contribution in [0.2, 0.25) is 0 Å². The Labute approximate surface area is 395 Å². The number of esters is 2. The molecule has 376 valence electrons. The predicted molar refractivity (Wildman–Crippen MR) is 268 cm³/mol. The number of ether oxygens (including phenoxy) is 2. The fraction of sp³-hybridized carbons (Fsp3) is 0.852. The van der Waals surface area contributed by atoms with Gasteiger partial charge in [-0.05, 0) is 51.4 Å². The number of unbranched alkanes of at least 4 members (excludes halogenated alkanes) is 29. The van der Waals surface area contributed by atoms with Crippen molar-refractivity contribution in [3.63, 3.8) is 0 Å².